The molecule has 4 heteroatoms. The van der Waals surface area contributed by atoms with Crippen LogP contribution >= 0.6 is 0 Å². The summed E-state index contributed by atoms with van der Waals surface area (Å²) in [6.45, 7) is 0. The normalized spacial score (nSPS) is 17.1. The molecular weight excluding hydrogens is 144 g/mol. The number of nitrogens with two attached hydrogens (primary N) is 1. The fourth-order valence-electron chi connectivity index (χ4n) is 0.984. The Morgan fingerprint density at radius 1 is 1.27 bits per heavy atom. The molecule has 0 radical (unpaired) electrons. The second-order valence-electron chi connectivity index (χ2n) is 2.87. The van der Waals surface area contributed by atoms with Crippen LogP contribution in [0.4, 0.5) is 11.4 Å². The molecule has 3 N–H and O–H groups in total. The molecule has 2 rings (SSSR count). The predicted molar refractivity (Wildman–Crippen MR) is 42.4 cm³/mol. The summed E-state index contributed by atoms with van der Waals surface area (Å²) in [5.41, 5.74) is 4.70. The fourth-order valence-corrected chi connectivity index (χ4v) is 0.984. The van der Waals surface area contributed by atoms with Gasteiger partial charge in [0.2, 0.25) is 0 Å². The van der Waals surface area contributed by atoms with Crippen LogP contribution in [0.5, 0.6) is 0 Å². The lowest BCUT2D eigenvalue weighted by molar-refractivity contribution is 1.13. The van der Waals surface area contributed by atoms with Crippen LogP contribution < -0.4 is 21.9 Å². The van der Waals surface area contributed by atoms with Crippen molar-refractivity contribution >= 4 is 11.4 Å². The average Bonchev–Trinajstić information content (AvgIpc) is 2.81. The van der Waals surface area contributed by atoms with E-state index in [1.165, 1.54) is 0 Å². The highest BCUT2D eigenvalue weighted by atomic mass is 16.2. The minimum absolute atomic E-state index is 0.0990. The molecule has 0 atom stereocenters. The molecule has 1 fully saturated rings. The smallest absolute Gasteiger partial charge is 0.253 e. The van der Waals surface area contributed by atoms with Gasteiger partial charge in [-0.3, -0.25) is 9.59 Å². The third kappa shape index (κ3) is 0.824. The lowest BCUT2D eigenvalue weighted by Crippen LogP contribution is -2.37. The number of rotatable bonds is 2. The maximum Gasteiger partial charge on any atom is 0.253 e. The number of anilines is 2. The fraction of sp³-hybridized carbons (Fsp3) is 0.429. The molecule has 4 nitrogen and oxygen atoms in total. The van der Waals surface area contributed by atoms with Crippen molar-refractivity contribution < 1.29 is 0 Å². The summed E-state index contributed by atoms with van der Waals surface area (Å²) in [4.78, 5) is 21.4. The zero-order valence-electron chi connectivity index (χ0n) is 5.89. The Morgan fingerprint density at radius 2 is 1.91 bits per heavy atom. The molecule has 0 spiro atoms. The summed E-state index contributed by atoms with van der Waals surface area (Å²) in [6.07, 6.45) is 2.14. The third-order valence-corrected chi connectivity index (χ3v) is 1.87. The molecular formula is C7H8N2O2. The van der Waals surface area contributed by atoms with Gasteiger partial charge in [-0.25, -0.2) is 0 Å². The van der Waals surface area contributed by atoms with E-state index in [4.69, 9.17) is 5.73 Å². The first-order valence-corrected chi connectivity index (χ1v) is 3.55. The van der Waals surface area contributed by atoms with Gasteiger partial charge in [0.15, 0.2) is 0 Å². The summed E-state index contributed by atoms with van der Waals surface area (Å²) >= 11 is 0. The molecule has 1 aliphatic rings. The van der Waals surface area contributed by atoms with Crippen LogP contribution in [0, 0.1) is 0 Å². The molecule has 0 aliphatic heterocycles. The quantitative estimate of drug-likeness (QED) is 0.557. The third-order valence-electron chi connectivity index (χ3n) is 1.87. The molecule has 58 valence electrons. The van der Waals surface area contributed by atoms with E-state index in [1.54, 1.807) is 0 Å². The summed E-state index contributed by atoms with van der Waals surface area (Å²) in [5, 5.41) is 2.90. The van der Waals surface area contributed by atoms with E-state index in [1.807, 2.05) is 0 Å². The largest absolute Gasteiger partial charge is 0.394 e. The monoisotopic (exact) mass is 152 g/mol. The first-order valence-electron chi connectivity index (χ1n) is 3.55. The molecule has 0 saturated heterocycles. The Bertz CT molecular complexity index is 358. The zero-order valence-corrected chi connectivity index (χ0v) is 5.89. The van der Waals surface area contributed by atoms with Gasteiger partial charge in [-0.05, 0) is 12.8 Å². The molecule has 0 heterocycles. The van der Waals surface area contributed by atoms with Crippen molar-refractivity contribution in [1.82, 2.24) is 0 Å². The van der Waals surface area contributed by atoms with Gasteiger partial charge < -0.3 is 11.1 Å². The van der Waals surface area contributed by atoms with Crippen molar-refractivity contribution in [2.24, 2.45) is 0 Å². The Hall–Kier alpha value is -1.32. The maximum absolute atomic E-state index is 10.8. The van der Waals surface area contributed by atoms with Crippen LogP contribution in [0.3, 0.4) is 0 Å². The summed E-state index contributed by atoms with van der Waals surface area (Å²) in [7, 11) is 0. The molecule has 0 bridgehead atoms. The molecule has 11 heavy (non-hydrogen) atoms. The number of nitrogens with one attached hydrogen (secondary N) is 1. The first-order chi connectivity index (χ1) is 5.20. The summed E-state index contributed by atoms with van der Waals surface area (Å²) in [6, 6.07) is 0.376. The van der Waals surface area contributed by atoms with Crippen LogP contribution in [0.1, 0.15) is 12.8 Å². The SMILES string of the molecule is Nc1c(NC2CC2)c(=O)c1=O. The van der Waals surface area contributed by atoms with Crippen molar-refractivity contribution in [1.29, 1.82) is 0 Å². The highest BCUT2D eigenvalue weighted by molar-refractivity contribution is 5.71. The Kier molecular flexibility index (Phi) is 1.07. The van der Waals surface area contributed by atoms with Crippen molar-refractivity contribution in [2.45, 2.75) is 18.9 Å². The van der Waals surface area contributed by atoms with Crippen LogP contribution in [0.2, 0.25) is 0 Å². The van der Waals surface area contributed by atoms with Crippen LogP contribution in [0.15, 0.2) is 9.59 Å². The van der Waals surface area contributed by atoms with Crippen molar-refractivity contribution in [3.05, 3.63) is 20.4 Å². The van der Waals surface area contributed by atoms with E-state index in [0.717, 1.165) is 12.8 Å². The van der Waals surface area contributed by atoms with E-state index in [9.17, 15) is 9.59 Å². The van der Waals surface area contributed by atoms with Crippen LogP contribution in [-0.2, 0) is 0 Å². The van der Waals surface area contributed by atoms with Gasteiger partial charge in [0.05, 0.1) is 0 Å². The molecule has 1 aliphatic carbocycles. The number of hydrogen-bond donors (Lipinski definition) is 2. The topological polar surface area (TPSA) is 72.2 Å². The van der Waals surface area contributed by atoms with E-state index in [2.05, 4.69) is 5.32 Å². The number of nitrogen functional groups attached to an aromatic ring is 1. The van der Waals surface area contributed by atoms with E-state index in [-0.39, 0.29) is 5.69 Å². The highest BCUT2D eigenvalue weighted by Gasteiger charge is 2.26. The van der Waals surface area contributed by atoms with Gasteiger partial charge in [0.25, 0.3) is 10.9 Å². The second kappa shape index (κ2) is 1.84. The number of hydrogen-bond acceptors (Lipinski definition) is 4. The van der Waals surface area contributed by atoms with Crippen LogP contribution in [-0.4, -0.2) is 6.04 Å². The van der Waals surface area contributed by atoms with Gasteiger partial charge >= 0.3 is 0 Å². The molecule has 1 aromatic carbocycles. The maximum atomic E-state index is 10.8. The van der Waals surface area contributed by atoms with E-state index >= 15 is 0 Å². The minimum Gasteiger partial charge on any atom is -0.394 e. The Labute approximate surface area is 62.7 Å². The van der Waals surface area contributed by atoms with Gasteiger partial charge in [0.1, 0.15) is 11.4 Å². The lowest BCUT2D eigenvalue weighted by atomic mass is 10.2. The van der Waals surface area contributed by atoms with Gasteiger partial charge in [-0.1, -0.05) is 0 Å². The zero-order chi connectivity index (χ0) is 8.01. The predicted octanol–water partition coefficient (Wildman–Crippen LogP) is -0.561. The van der Waals surface area contributed by atoms with Crippen LogP contribution in [0.25, 0.3) is 0 Å². The first kappa shape index (κ1) is 6.39. The van der Waals surface area contributed by atoms with Crippen molar-refractivity contribution in [2.75, 3.05) is 11.1 Å². The summed E-state index contributed by atoms with van der Waals surface area (Å²) in [5.74, 6) is 0. The Balaban J connectivity index is 2.25. The molecule has 1 aromatic rings. The molecule has 0 unspecified atom stereocenters. The van der Waals surface area contributed by atoms with Crippen molar-refractivity contribution in [3.63, 3.8) is 0 Å². The van der Waals surface area contributed by atoms with Gasteiger partial charge in [0, 0.05) is 6.04 Å². The van der Waals surface area contributed by atoms with Gasteiger partial charge in [-0.15, -0.1) is 0 Å². The molecule has 0 aromatic heterocycles. The van der Waals surface area contributed by atoms with E-state index in [0.29, 0.717) is 11.7 Å². The Morgan fingerprint density at radius 3 is 2.36 bits per heavy atom. The lowest BCUT2D eigenvalue weighted by Gasteiger charge is -2.07. The average molecular weight is 152 g/mol. The molecule has 0 amide bonds. The van der Waals surface area contributed by atoms with E-state index < -0.39 is 10.9 Å². The van der Waals surface area contributed by atoms with Crippen molar-refractivity contribution in [3.8, 4) is 0 Å². The minimum atomic E-state index is -0.548. The highest BCUT2D eigenvalue weighted by Crippen LogP contribution is 2.25. The molecule has 1 saturated carbocycles. The standard InChI is InChI=1S/C7H8N2O2/c8-4-5(7(11)6(4)10)9-3-1-2-3/h3,9H,1-2,8H2. The second-order valence-corrected chi connectivity index (χ2v) is 2.87. The summed E-state index contributed by atoms with van der Waals surface area (Å²) < 4.78 is 0. The van der Waals surface area contributed by atoms with Gasteiger partial charge in [-0.2, -0.15) is 0 Å².